The number of anilines is 2. The molecule has 1 amide bonds. The number of ether oxygens (including phenoxy) is 1. The molecule has 0 aliphatic carbocycles. The first-order valence-electron chi connectivity index (χ1n) is 6.47. The van der Waals surface area contributed by atoms with Crippen molar-refractivity contribution >= 4 is 17.3 Å². The molecule has 0 spiro atoms. The average molecular weight is 328 g/mol. The summed E-state index contributed by atoms with van der Waals surface area (Å²) in [6.45, 7) is -0.202. The van der Waals surface area contributed by atoms with Gasteiger partial charge in [-0.15, -0.1) is 13.2 Å². The summed E-state index contributed by atoms with van der Waals surface area (Å²) in [5, 5.41) is 5.11. The number of benzene rings is 2. The molecule has 0 saturated heterocycles. The molecule has 0 saturated carbocycles. The van der Waals surface area contributed by atoms with Gasteiger partial charge < -0.3 is 15.4 Å². The van der Waals surface area contributed by atoms with Crippen LogP contribution < -0.4 is 15.4 Å². The molecule has 0 radical (unpaired) electrons. The maximum Gasteiger partial charge on any atom is 0.573 e. The molecule has 2 rings (SSSR count). The van der Waals surface area contributed by atoms with Gasteiger partial charge in [0.25, 0.3) is 0 Å². The monoisotopic (exact) mass is 328 g/mol. The Morgan fingerprint density at radius 2 is 1.74 bits per heavy atom. The van der Waals surface area contributed by atoms with Crippen LogP contribution in [0, 0.1) is 5.82 Å². The maximum atomic E-state index is 13.0. The highest BCUT2D eigenvalue weighted by molar-refractivity contribution is 5.93. The Labute approximate surface area is 129 Å². The van der Waals surface area contributed by atoms with Crippen LogP contribution in [0.1, 0.15) is 0 Å². The van der Waals surface area contributed by atoms with Crippen molar-refractivity contribution in [2.45, 2.75) is 6.36 Å². The molecule has 0 aliphatic heterocycles. The lowest BCUT2D eigenvalue weighted by Gasteiger charge is -2.11. The van der Waals surface area contributed by atoms with Gasteiger partial charge in [-0.2, -0.15) is 0 Å². The summed E-state index contributed by atoms with van der Waals surface area (Å²) in [5.41, 5.74) is 0.562. The van der Waals surface area contributed by atoms with Gasteiger partial charge in [0.15, 0.2) is 0 Å². The van der Waals surface area contributed by atoms with Crippen molar-refractivity contribution in [3.63, 3.8) is 0 Å². The number of carbonyl (C=O) groups excluding carboxylic acids is 1. The van der Waals surface area contributed by atoms with Crippen molar-refractivity contribution in [2.75, 3.05) is 17.2 Å². The largest absolute Gasteiger partial charge is 0.573 e. The van der Waals surface area contributed by atoms with E-state index in [2.05, 4.69) is 15.4 Å². The summed E-state index contributed by atoms with van der Waals surface area (Å²) in [7, 11) is 0. The fraction of sp³-hybridized carbons (Fsp3) is 0.133. The molecule has 0 bridgehead atoms. The number of nitrogens with one attached hydrogen (secondary N) is 2. The Bertz CT molecular complexity index is 689. The van der Waals surface area contributed by atoms with Gasteiger partial charge in [-0.25, -0.2) is 4.39 Å². The molecule has 23 heavy (non-hydrogen) atoms. The van der Waals surface area contributed by atoms with E-state index in [-0.39, 0.29) is 17.9 Å². The SMILES string of the molecule is O=C(CNc1cccc(OC(F)(F)F)c1)Nc1cccc(F)c1. The number of alkyl halides is 3. The third kappa shape index (κ3) is 5.85. The van der Waals surface area contributed by atoms with E-state index in [1.165, 1.54) is 30.3 Å². The van der Waals surface area contributed by atoms with Crippen LogP contribution in [0.25, 0.3) is 0 Å². The molecular weight excluding hydrogens is 316 g/mol. The summed E-state index contributed by atoms with van der Waals surface area (Å²) in [6.07, 6.45) is -4.78. The minimum absolute atomic E-state index is 0.202. The molecule has 8 heteroatoms. The standard InChI is InChI=1S/C15H12F4N2O2/c16-10-3-1-5-12(7-10)21-14(22)9-20-11-4-2-6-13(8-11)23-15(17,18)19/h1-8,20H,9H2,(H,21,22). The van der Waals surface area contributed by atoms with Gasteiger partial charge in [0.2, 0.25) is 5.91 Å². The molecule has 0 fully saturated rings. The van der Waals surface area contributed by atoms with E-state index in [9.17, 15) is 22.4 Å². The van der Waals surface area contributed by atoms with E-state index in [0.29, 0.717) is 0 Å². The number of rotatable bonds is 5. The molecular formula is C15H12F4N2O2. The van der Waals surface area contributed by atoms with Crippen molar-refractivity contribution in [1.29, 1.82) is 0 Å². The number of amides is 1. The van der Waals surface area contributed by atoms with Crippen LogP contribution >= 0.6 is 0 Å². The fourth-order valence-corrected chi connectivity index (χ4v) is 1.76. The number of hydrogen-bond donors (Lipinski definition) is 2. The second-order valence-corrected chi connectivity index (χ2v) is 4.49. The Morgan fingerprint density at radius 3 is 2.43 bits per heavy atom. The second kappa shape index (κ2) is 6.99. The third-order valence-electron chi connectivity index (χ3n) is 2.63. The second-order valence-electron chi connectivity index (χ2n) is 4.49. The molecule has 0 aliphatic rings. The predicted molar refractivity (Wildman–Crippen MR) is 76.6 cm³/mol. The highest BCUT2D eigenvalue weighted by Crippen LogP contribution is 2.24. The number of carbonyl (C=O) groups is 1. The quantitative estimate of drug-likeness (QED) is 0.822. The van der Waals surface area contributed by atoms with Crippen molar-refractivity contribution in [3.8, 4) is 5.75 Å². The molecule has 122 valence electrons. The maximum absolute atomic E-state index is 13.0. The van der Waals surface area contributed by atoms with E-state index in [4.69, 9.17) is 0 Å². The first kappa shape index (κ1) is 16.6. The van der Waals surface area contributed by atoms with E-state index in [1.807, 2.05) is 0 Å². The van der Waals surface area contributed by atoms with Gasteiger partial charge in [0.05, 0.1) is 6.54 Å². The summed E-state index contributed by atoms with van der Waals surface area (Å²) in [5.74, 6) is -1.36. The average Bonchev–Trinajstić information content (AvgIpc) is 2.44. The zero-order chi connectivity index (χ0) is 16.9. The first-order valence-corrected chi connectivity index (χ1v) is 6.47. The Balaban J connectivity index is 1.90. The van der Waals surface area contributed by atoms with E-state index >= 15 is 0 Å². The first-order chi connectivity index (χ1) is 10.8. The molecule has 2 aromatic rings. The van der Waals surface area contributed by atoms with Gasteiger partial charge in [-0.3, -0.25) is 4.79 Å². The van der Waals surface area contributed by atoms with E-state index < -0.39 is 23.8 Å². The fourth-order valence-electron chi connectivity index (χ4n) is 1.76. The molecule has 2 aromatic carbocycles. The predicted octanol–water partition coefficient (Wildman–Crippen LogP) is 3.77. The van der Waals surface area contributed by atoms with Crippen LogP contribution in [-0.4, -0.2) is 18.8 Å². The third-order valence-corrected chi connectivity index (χ3v) is 2.63. The molecule has 0 atom stereocenters. The Morgan fingerprint density at radius 1 is 1.04 bits per heavy atom. The van der Waals surface area contributed by atoms with Gasteiger partial charge in [0.1, 0.15) is 11.6 Å². The van der Waals surface area contributed by atoms with Gasteiger partial charge in [-0.1, -0.05) is 12.1 Å². The summed E-state index contributed by atoms with van der Waals surface area (Å²) in [4.78, 5) is 11.7. The molecule has 0 aromatic heterocycles. The highest BCUT2D eigenvalue weighted by atomic mass is 19.4. The van der Waals surface area contributed by atoms with Gasteiger partial charge >= 0.3 is 6.36 Å². The summed E-state index contributed by atoms with van der Waals surface area (Å²) >= 11 is 0. The normalized spacial score (nSPS) is 11.0. The van der Waals surface area contributed by atoms with Crippen LogP contribution in [0.5, 0.6) is 5.75 Å². The smallest absolute Gasteiger partial charge is 0.406 e. The van der Waals surface area contributed by atoms with Crippen molar-refractivity contribution in [1.82, 2.24) is 0 Å². The lowest BCUT2D eigenvalue weighted by Crippen LogP contribution is -2.22. The lowest BCUT2D eigenvalue weighted by molar-refractivity contribution is -0.274. The molecule has 4 nitrogen and oxygen atoms in total. The number of hydrogen-bond acceptors (Lipinski definition) is 3. The van der Waals surface area contributed by atoms with Crippen LogP contribution in [0.4, 0.5) is 28.9 Å². The van der Waals surface area contributed by atoms with E-state index in [1.54, 1.807) is 0 Å². The molecule has 0 heterocycles. The minimum Gasteiger partial charge on any atom is -0.406 e. The Kier molecular flexibility index (Phi) is 5.05. The number of halogens is 4. The van der Waals surface area contributed by atoms with Crippen molar-refractivity contribution < 1.29 is 27.1 Å². The van der Waals surface area contributed by atoms with E-state index in [0.717, 1.165) is 18.2 Å². The van der Waals surface area contributed by atoms with Crippen molar-refractivity contribution in [3.05, 3.63) is 54.3 Å². The zero-order valence-corrected chi connectivity index (χ0v) is 11.7. The highest BCUT2D eigenvalue weighted by Gasteiger charge is 2.31. The van der Waals surface area contributed by atoms with Crippen LogP contribution in [-0.2, 0) is 4.79 Å². The van der Waals surface area contributed by atoms with Gasteiger partial charge in [0, 0.05) is 17.4 Å². The summed E-state index contributed by atoms with van der Waals surface area (Å²) < 4.78 is 53.1. The van der Waals surface area contributed by atoms with Crippen molar-refractivity contribution in [2.24, 2.45) is 0 Å². The Hall–Kier alpha value is -2.77. The van der Waals surface area contributed by atoms with Gasteiger partial charge in [-0.05, 0) is 30.3 Å². The van der Waals surface area contributed by atoms with Crippen LogP contribution in [0.15, 0.2) is 48.5 Å². The zero-order valence-electron chi connectivity index (χ0n) is 11.7. The molecule has 2 N–H and O–H groups in total. The van der Waals surface area contributed by atoms with Crippen LogP contribution in [0.3, 0.4) is 0 Å². The van der Waals surface area contributed by atoms with Crippen LogP contribution in [0.2, 0.25) is 0 Å². The topological polar surface area (TPSA) is 50.4 Å². The molecule has 0 unspecified atom stereocenters. The lowest BCUT2D eigenvalue weighted by atomic mass is 10.3. The summed E-state index contributed by atoms with van der Waals surface area (Å²) in [6, 6.07) is 10.4. The minimum atomic E-state index is -4.78.